The molecule has 0 aliphatic carbocycles. The highest BCUT2D eigenvalue weighted by molar-refractivity contribution is 9.10. The molecule has 0 saturated heterocycles. The third-order valence-corrected chi connectivity index (χ3v) is 4.84. The lowest BCUT2D eigenvalue weighted by molar-refractivity contribution is 0.555. The normalized spacial score (nSPS) is 13.1. The monoisotopic (exact) mass is 372 g/mol. The SMILES string of the molecule is CS(=O)(=O)c1ccc(C(NN)c2cccc(Br)c2F)cc1. The lowest BCUT2D eigenvalue weighted by Gasteiger charge is -2.18. The fourth-order valence-electron chi connectivity index (χ4n) is 2.02. The molecule has 112 valence electrons. The highest BCUT2D eigenvalue weighted by Crippen LogP contribution is 2.28. The van der Waals surface area contributed by atoms with E-state index in [0.717, 1.165) is 6.26 Å². The largest absolute Gasteiger partial charge is 0.271 e. The minimum Gasteiger partial charge on any atom is -0.271 e. The van der Waals surface area contributed by atoms with Crippen LogP contribution in [0.2, 0.25) is 0 Å². The van der Waals surface area contributed by atoms with Crippen LogP contribution in [0.4, 0.5) is 4.39 Å². The van der Waals surface area contributed by atoms with Crippen molar-refractivity contribution in [1.82, 2.24) is 5.43 Å². The quantitative estimate of drug-likeness (QED) is 0.638. The van der Waals surface area contributed by atoms with Crippen LogP contribution in [-0.2, 0) is 9.84 Å². The van der Waals surface area contributed by atoms with Crippen molar-refractivity contribution in [2.45, 2.75) is 10.9 Å². The Morgan fingerprint density at radius 3 is 2.33 bits per heavy atom. The van der Waals surface area contributed by atoms with Gasteiger partial charge in [-0.3, -0.25) is 5.84 Å². The first-order valence-corrected chi connectivity index (χ1v) is 8.73. The smallest absolute Gasteiger partial charge is 0.175 e. The zero-order valence-electron chi connectivity index (χ0n) is 11.2. The first-order chi connectivity index (χ1) is 9.84. The number of sulfone groups is 1. The highest BCUT2D eigenvalue weighted by atomic mass is 79.9. The maximum Gasteiger partial charge on any atom is 0.175 e. The van der Waals surface area contributed by atoms with Crippen LogP contribution < -0.4 is 11.3 Å². The van der Waals surface area contributed by atoms with Crippen LogP contribution in [0, 0.1) is 5.82 Å². The van der Waals surface area contributed by atoms with Crippen molar-refractivity contribution in [3.05, 3.63) is 63.9 Å². The van der Waals surface area contributed by atoms with Crippen molar-refractivity contribution in [3.63, 3.8) is 0 Å². The van der Waals surface area contributed by atoms with Crippen LogP contribution in [0.15, 0.2) is 51.8 Å². The second kappa shape index (κ2) is 6.23. The molecule has 0 amide bonds. The third-order valence-electron chi connectivity index (χ3n) is 3.10. The molecule has 7 heteroatoms. The maximum absolute atomic E-state index is 14.2. The van der Waals surface area contributed by atoms with Gasteiger partial charge >= 0.3 is 0 Å². The van der Waals surface area contributed by atoms with Crippen LogP contribution in [0.5, 0.6) is 0 Å². The summed E-state index contributed by atoms with van der Waals surface area (Å²) in [5, 5.41) is 0. The Bertz CT molecular complexity index is 748. The number of nitrogens with one attached hydrogen (secondary N) is 1. The molecule has 2 aromatic rings. The molecular formula is C14H14BrFN2O2S. The summed E-state index contributed by atoms with van der Waals surface area (Å²) in [4.78, 5) is 0.205. The molecule has 0 fully saturated rings. The molecule has 0 heterocycles. The topological polar surface area (TPSA) is 72.2 Å². The summed E-state index contributed by atoms with van der Waals surface area (Å²) in [7, 11) is -3.26. The summed E-state index contributed by atoms with van der Waals surface area (Å²) in [6.07, 6.45) is 1.13. The van der Waals surface area contributed by atoms with Crippen LogP contribution in [0.1, 0.15) is 17.2 Å². The molecule has 0 aromatic heterocycles. The van der Waals surface area contributed by atoms with Crippen LogP contribution >= 0.6 is 15.9 Å². The van der Waals surface area contributed by atoms with E-state index in [1.807, 2.05) is 0 Å². The molecule has 0 radical (unpaired) electrons. The van der Waals surface area contributed by atoms with Gasteiger partial charge < -0.3 is 0 Å². The van der Waals surface area contributed by atoms with Crippen LogP contribution in [0.25, 0.3) is 0 Å². The van der Waals surface area contributed by atoms with Gasteiger partial charge in [-0.25, -0.2) is 18.2 Å². The molecule has 21 heavy (non-hydrogen) atoms. The van der Waals surface area contributed by atoms with Gasteiger partial charge in [0.2, 0.25) is 0 Å². The van der Waals surface area contributed by atoms with Gasteiger partial charge in [-0.15, -0.1) is 0 Å². The number of hydrazine groups is 1. The van der Waals surface area contributed by atoms with E-state index in [9.17, 15) is 12.8 Å². The van der Waals surface area contributed by atoms with E-state index >= 15 is 0 Å². The third kappa shape index (κ3) is 3.49. The zero-order valence-corrected chi connectivity index (χ0v) is 13.6. The number of hydrogen-bond donors (Lipinski definition) is 2. The molecule has 0 saturated carbocycles. The van der Waals surface area contributed by atoms with Crippen LogP contribution in [-0.4, -0.2) is 14.7 Å². The minimum atomic E-state index is -3.26. The standard InChI is InChI=1S/C14H14BrFN2O2S/c1-21(19,20)10-7-5-9(6-8-10)14(18-17)11-3-2-4-12(15)13(11)16/h2-8,14,18H,17H2,1H3. The van der Waals surface area contributed by atoms with Gasteiger partial charge in [0.25, 0.3) is 0 Å². The Hall–Kier alpha value is -1.28. The Balaban J connectivity index is 2.45. The molecule has 4 nitrogen and oxygen atoms in total. The molecule has 0 aliphatic rings. The number of nitrogens with two attached hydrogens (primary N) is 1. The maximum atomic E-state index is 14.2. The van der Waals surface area contributed by atoms with Crippen molar-refractivity contribution in [2.24, 2.45) is 5.84 Å². The molecule has 0 aliphatic heterocycles. The average molecular weight is 373 g/mol. The van der Waals surface area contributed by atoms with E-state index < -0.39 is 21.7 Å². The fourth-order valence-corrected chi connectivity index (χ4v) is 3.03. The molecule has 1 atom stereocenters. The van der Waals surface area contributed by atoms with Gasteiger partial charge in [0, 0.05) is 11.8 Å². The Labute approximate surface area is 131 Å². The van der Waals surface area contributed by atoms with Crippen molar-refractivity contribution in [3.8, 4) is 0 Å². The van der Waals surface area contributed by atoms with Crippen molar-refractivity contribution in [1.29, 1.82) is 0 Å². The lowest BCUT2D eigenvalue weighted by atomic mass is 9.99. The van der Waals surface area contributed by atoms with Gasteiger partial charge in [-0.1, -0.05) is 24.3 Å². The first-order valence-electron chi connectivity index (χ1n) is 6.04. The van der Waals surface area contributed by atoms with Gasteiger partial charge in [0.1, 0.15) is 5.82 Å². The van der Waals surface area contributed by atoms with E-state index in [-0.39, 0.29) is 4.90 Å². The van der Waals surface area contributed by atoms with E-state index in [1.165, 1.54) is 12.1 Å². The van der Waals surface area contributed by atoms with Crippen molar-refractivity contribution in [2.75, 3.05) is 6.26 Å². The number of hydrogen-bond acceptors (Lipinski definition) is 4. The highest BCUT2D eigenvalue weighted by Gasteiger charge is 2.18. The number of rotatable bonds is 4. The summed E-state index contributed by atoms with van der Waals surface area (Å²) in [5.74, 6) is 5.12. The Morgan fingerprint density at radius 2 is 1.81 bits per heavy atom. The first kappa shape index (κ1) is 16.1. The zero-order chi connectivity index (χ0) is 15.6. The number of benzene rings is 2. The summed E-state index contributed by atoms with van der Waals surface area (Å²) >= 11 is 3.13. The molecule has 0 bridgehead atoms. The molecule has 2 aromatic carbocycles. The second-order valence-corrected chi connectivity index (χ2v) is 7.45. The minimum absolute atomic E-state index is 0.205. The Morgan fingerprint density at radius 1 is 1.19 bits per heavy atom. The predicted octanol–water partition coefficient (Wildman–Crippen LogP) is 2.54. The molecule has 1 unspecified atom stereocenters. The summed E-state index contributed by atoms with van der Waals surface area (Å²) in [6, 6.07) is 10.5. The van der Waals surface area contributed by atoms with Gasteiger partial charge in [-0.05, 0) is 39.7 Å². The molecule has 2 rings (SSSR count). The summed E-state index contributed by atoms with van der Waals surface area (Å²) < 4.78 is 37.4. The molecular weight excluding hydrogens is 359 g/mol. The van der Waals surface area contributed by atoms with Gasteiger partial charge in [0.05, 0.1) is 15.4 Å². The van der Waals surface area contributed by atoms with E-state index in [2.05, 4.69) is 21.4 Å². The van der Waals surface area contributed by atoms with E-state index in [0.29, 0.717) is 15.6 Å². The fraction of sp³-hybridized carbons (Fsp3) is 0.143. The molecule has 0 spiro atoms. The van der Waals surface area contributed by atoms with Crippen molar-refractivity contribution < 1.29 is 12.8 Å². The van der Waals surface area contributed by atoms with Crippen LogP contribution in [0.3, 0.4) is 0 Å². The average Bonchev–Trinajstić information content (AvgIpc) is 2.44. The second-order valence-electron chi connectivity index (χ2n) is 4.58. The molecule has 3 N–H and O–H groups in total. The summed E-state index contributed by atoms with van der Waals surface area (Å²) in [5.41, 5.74) is 3.59. The lowest BCUT2D eigenvalue weighted by Crippen LogP contribution is -2.29. The van der Waals surface area contributed by atoms with E-state index in [1.54, 1.807) is 30.3 Å². The van der Waals surface area contributed by atoms with Gasteiger partial charge in [-0.2, -0.15) is 0 Å². The summed E-state index contributed by atoms with van der Waals surface area (Å²) in [6.45, 7) is 0. The van der Waals surface area contributed by atoms with Gasteiger partial charge in [0.15, 0.2) is 9.84 Å². The Kier molecular flexibility index (Phi) is 4.77. The van der Waals surface area contributed by atoms with Crippen molar-refractivity contribution >= 4 is 25.8 Å². The predicted molar refractivity (Wildman–Crippen MR) is 82.8 cm³/mol. The number of halogens is 2. The van der Waals surface area contributed by atoms with E-state index in [4.69, 9.17) is 5.84 Å².